The first-order valence-electron chi connectivity index (χ1n) is 7.46. The molecular weight excluding hydrogens is 264 g/mol. The van der Waals surface area contributed by atoms with Crippen molar-refractivity contribution in [3.05, 3.63) is 53.4 Å². The highest BCUT2D eigenvalue weighted by atomic mass is 16.5. The van der Waals surface area contributed by atoms with Crippen LogP contribution in [0.4, 0.5) is 0 Å². The number of carbonyl (C=O) groups is 1. The first-order valence-corrected chi connectivity index (χ1v) is 7.46. The second-order valence-electron chi connectivity index (χ2n) is 6.02. The third-order valence-electron chi connectivity index (χ3n) is 4.07. The number of rotatable bonds is 4. The van der Waals surface area contributed by atoms with Crippen molar-refractivity contribution >= 4 is 5.91 Å². The van der Waals surface area contributed by atoms with Gasteiger partial charge in [-0.3, -0.25) is 4.79 Å². The lowest BCUT2D eigenvalue weighted by molar-refractivity contribution is 0.0899. The summed E-state index contributed by atoms with van der Waals surface area (Å²) in [5.74, 6) is 1.41. The van der Waals surface area contributed by atoms with Crippen molar-refractivity contribution < 1.29 is 9.32 Å². The highest BCUT2D eigenvalue weighted by molar-refractivity contribution is 5.92. The topological polar surface area (TPSA) is 55.1 Å². The highest BCUT2D eigenvalue weighted by Crippen LogP contribution is 2.36. The molecule has 0 atom stereocenters. The molecule has 110 valence electrons. The molecule has 0 saturated heterocycles. The number of nitrogens with zero attached hydrogens (tertiary/aromatic N) is 1. The number of hydrogen-bond donors (Lipinski definition) is 1. The molecule has 1 aromatic carbocycles. The smallest absolute Gasteiger partial charge is 0.273 e. The Balaban J connectivity index is 1.53. The number of nitrogens with one attached hydrogen (secondary N) is 1. The Kier molecular flexibility index (Phi) is 3.78. The van der Waals surface area contributed by atoms with Crippen LogP contribution < -0.4 is 5.32 Å². The van der Waals surface area contributed by atoms with Crippen LogP contribution in [-0.4, -0.2) is 17.1 Å². The van der Waals surface area contributed by atoms with Crippen LogP contribution >= 0.6 is 0 Å². The van der Waals surface area contributed by atoms with Crippen molar-refractivity contribution in [3.8, 4) is 0 Å². The second kappa shape index (κ2) is 5.72. The molecule has 4 nitrogen and oxygen atoms in total. The zero-order valence-electron chi connectivity index (χ0n) is 12.4. The van der Waals surface area contributed by atoms with Crippen LogP contribution in [0, 0.1) is 0 Å². The van der Waals surface area contributed by atoms with E-state index >= 15 is 0 Å². The van der Waals surface area contributed by atoms with Crippen LogP contribution in [0.3, 0.4) is 0 Å². The number of amides is 1. The Bertz CT molecular complexity index is 613. The Labute approximate surface area is 124 Å². The number of aromatic nitrogens is 1. The molecule has 1 heterocycles. The second-order valence-corrected chi connectivity index (χ2v) is 6.02. The van der Waals surface area contributed by atoms with Gasteiger partial charge in [-0.05, 0) is 24.3 Å². The van der Waals surface area contributed by atoms with E-state index in [1.54, 1.807) is 6.07 Å². The Hall–Kier alpha value is -2.10. The normalized spacial score (nSPS) is 21.1. The fourth-order valence-corrected chi connectivity index (χ4v) is 2.66. The SMILES string of the molecule is CC(C)c1cc(C(=O)NC2CC(c3ccccc3)C2)no1. The molecule has 3 rings (SSSR count). The quantitative estimate of drug-likeness (QED) is 0.935. The molecule has 2 aromatic rings. The summed E-state index contributed by atoms with van der Waals surface area (Å²) in [6.07, 6.45) is 1.98. The summed E-state index contributed by atoms with van der Waals surface area (Å²) in [4.78, 5) is 12.1. The fourth-order valence-electron chi connectivity index (χ4n) is 2.66. The van der Waals surface area contributed by atoms with E-state index in [1.807, 2.05) is 19.9 Å². The maximum Gasteiger partial charge on any atom is 0.273 e. The standard InChI is InChI=1S/C17H20N2O2/c1-11(2)16-10-15(19-21-16)17(20)18-14-8-13(9-14)12-6-4-3-5-7-12/h3-7,10-11,13-14H,8-9H2,1-2H3,(H,18,20). The van der Waals surface area contributed by atoms with Crippen molar-refractivity contribution in [1.82, 2.24) is 10.5 Å². The van der Waals surface area contributed by atoms with Crippen LogP contribution in [0.2, 0.25) is 0 Å². The van der Waals surface area contributed by atoms with E-state index in [2.05, 4.69) is 34.7 Å². The van der Waals surface area contributed by atoms with Gasteiger partial charge in [0.2, 0.25) is 0 Å². The predicted octanol–water partition coefficient (Wildman–Crippen LogP) is 3.47. The minimum absolute atomic E-state index is 0.137. The zero-order chi connectivity index (χ0) is 14.8. The zero-order valence-corrected chi connectivity index (χ0v) is 12.4. The van der Waals surface area contributed by atoms with E-state index in [1.165, 1.54) is 5.56 Å². The van der Waals surface area contributed by atoms with Crippen LogP contribution in [0.5, 0.6) is 0 Å². The third kappa shape index (κ3) is 2.99. The fraction of sp³-hybridized carbons (Fsp3) is 0.412. The Morgan fingerprint density at radius 2 is 2.00 bits per heavy atom. The van der Waals surface area contributed by atoms with Crippen molar-refractivity contribution in [1.29, 1.82) is 0 Å². The van der Waals surface area contributed by atoms with Gasteiger partial charge in [-0.15, -0.1) is 0 Å². The van der Waals surface area contributed by atoms with Gasteiger partial charge in [0.25, 0.3) is 5.91 Å². The van der Waals surface area contributed by atoms with E-state index in [-0.39, 0.29) is 17.9 Å². The molecule has 1 fully saturated rings. The van der Waals surface area contributed by atoms with Gasteiger partial charge in [0.15, 0.2) is 5.69 Å². The predicted molar refractivity (Wildman–Crippen MR) is 80.3 cm³/mol. The Morgan fingerprint density at radius 3 is 2.62 bits per heavy atom. The van der Waals surface area contributed by atoms with E-state index in [9.17, 15) is 4.79 Å². The molecule has 0 radical (unpaired) electrons. The average molecular weight is 284 g/mol. The minimum Gasteiger partial charge on any atom is -0.360 e. The lowest BCUT2D eigenvalue weighted by Crippen LogP contribution is -2.43. The lowest BCUT2D eigenvalue weighted by Gasteiger charge is -2.36. The largest absolute Gasteiger partial charge is 0.360 e. The molecule has 1 aliphatic rings. The summed E-state index contributed by atoms with van der Waals surface area (Å²) >= 11 is 0. The number of hydrogen-bond acceptors (Lipinski definition) is 3. The number of carbonyl (C=O) groups excluding carboxylic acids is 1. The molecule has 1 N–H and O–H groups in total. The van der Waals surface area contributed by atoms with E-state index in [4.69, 9.17) is 4.52 Å². The van der Waals surface area contributed by atoms with Gasteiger partial charge in [-0.1, -0.05) is 49.3 Å². The maximum atomic E-state index is 12.1. The molecule has 1 aromatic heterocycles. The van der Waals surface area contributed by atoms with Crippen LogP contribution in [0.15, 0.2) is 40.9 Å². The van der Waals surface area contributed by atoms with Crippen molar-refractivity contribution in [2.45, 2.75) is 44.6 Å². The summed E-state index contributed by atoms with van der Waals surface area (Å²) in [5, 5.41) is 6.86. The molecule has 1 saturated carbocycles. The van der Waals surface area contributed by atoms with Gasteiger partial charge in [0, 0.05) is 18.0 Å². The molecule has 0 unspecified atom stereocenters. The summed E-state index contributed by atoms with van der Waals surface area (Å²) in [5.41, 5.74) is 1.73. The van der Waals surface area contributed by atoms with Gasteiger partial charge in [0.05, 0.1) is 0 Å². The number of benzene rings is 1. The summed E-state index contributed by atoms with van der Waals surface area (Å²) < 4.78 is 5.16. The van der Waals surface area contributed by atoms with Crippen LogP contribution in [0.1, 0.15) is 60.3 Å². The van der Waals surface area contributed by atoms with Crippen molar-refractivity contribution in [2.24, 2.45) is 0 Å². The molecule has 0 bridgehead atoms. The van der Waals surface area contributed by atoms with Gasteiger partial charge < -0.3 is 9.84 Å². The van der Waals surface area contributed by atoms with Crippen molar-refractivity contribution in [2.75, 3.05) is 0 Å². The molecule has 1 amide bonds. The van der Waals surface area contributed by atoms with Gasteiger partial charge in [-0.2, -0.15) is 0 Å². The van der Waals surface area contributed by atoms with E-state index in [0.717, 1.165) is 18.6 Å². The average Bonchev–Trinajstić information content (AvgIpc) is 2.93. The monoisotopic (exact) mass is 284 g/mol. The molecule has 0 spiro atoms. The molecule has 1 aliphatic carbocycles. The first kappa shape index (κ1) is 13.9. The van der Waals surface area contributed by atoms with Gasteiger partial charge >= 0.3 is 0 Å². The molecule has 4 heteroatoms. The van der Waals surface area contributed by atoms with E-state index in [0.29, 0.717) is 11.6 Å². The minimum atomic E-state index is -0.137. The molecule has 0 aliphatic heterocycles. The summed E-state index contributed by atoms with van der Waals surface area (Å²) in [6, 6.07) is 12.4. The van der Waals surface area contributed by atoms with Gasteiger partial charge in [-0.25, -0.2) is 0 Å². The lowest BCUT2D eigenvalue weighted by atomic mass is 9.76. The summed E-state index contributed by atoms with van der Waals surface area (Å²) in [7, 11) is 0. The van der Waals surface area contributed by atoms with E-state index < -0.39 is 0 Å². The van der Waals surface area contributed by atoms with Crippen LogP contribution in [0.25, 0.3) is 0 Å². The molecular formula is C17H20N2O2. The highest BCUT2D eigenvalue weighted by Gasteiger charge is 2.32. The molecule has 21 heavy (non-hydrogen) atoms. The first-order chi connectivity index (χ1) is 10.1. The Morgan fingerprint density at radius 1 is 1.29 bits per heavy atom. The van der Waals surface area contributed by atoms with Gasteiger partial charge in [0.1, 0.15) is 5.76 Å². The van der Waals surface area contributed by atoms with Crippen molar-refractivity contribution in [3.63, 3.8) is 0 Å². The van der Waals surface area contributed by atoms with Crippen LogP contribution in [-0.2, 0) is 0 Å². The maximum absolute atomic E-state index is 12.1. The summed E-state index contributed by atoms with van der Waals surface area (Å²) in [6.45, 7) is 4.02. The third-order valence-corrected chi connectivity index (χ3v) is 4.07.